The molecule has 2 aromatic carbocycles. The Morgan fingerprint density at radius 1 is 1.27 bits per heavy atom. The first-order valence-corrected chi connectivity index (χ1v) is 7.32. The SMILES string of the molecule is Cc1cc(OC[C@@H]2COc3ccccc32)cc(C)c1C(N)=O. The van der Waals surface area contributed by atoms with Crippen LogP contribution in [0, 0.1) is 13.8 Å². The zero-order valence-electron chi connectivity index (χ0n) is 12.8. The molecule has 0 aromatic heterocycles. The summed E-state index contributed by atoms with van der Waals surface area (Å²) in [4.78, 5) is 11.4. The lowest BCUT2D eigenvalue weighted by molar-refractivity contribution is 0.0999. The maximum atomic E-state index is 11.4. The first-order valence-electron chi connectivity index (χ1n) is 7.32. The molecule has 0 bridgehead atoms. The minimum absolute atomic E-state index is 0.229. The van der Waals surface area contributed by atoms with Crippen LogP contribution in [0.4, 0.5) is 0 Å². The minimum Gasteiger partial charge on any atom is -0.493 e. The Morgan fingerprint density at radius 3 is 2.64 bits per heavy atom. The number of para-hydroxylation sites is 1. The highest BCUT2D eigenvalue weighted by molar-refractivity contribution is 5.96. The number of fused-ring (bicyclic) bond motifs is 1. The van der Waals surface area contributed by atoms with Gasteiger partial charge in [0, 0.05) is 11.1 Å². The second-order valence-electron chi connectivity index (χ2n) is 5.65. The van der Waals surface area contributed by atoms with E-state index < -0.39 is 5.91 Å². The van der Waals surface area contributed by atoms with Crippen molar-refractivity contribution >= 4 is 5.91 Å². The molecule has 1 heterocycles. The second-order valence-corrected chi connectivity index (χ2v) is 5.65. The number of rotatable bonds is 4. The molecule has 0 unspecified atom stereocenters. The van der Waals surface area contributed by atoms with Crippen LogP contribution in [0.25, 0.3) is 0 Å². The molecule has 1 aliphatic heterocycles. The maximum Gasteiger partial charge on any atom is 0.249 e. The molecule has 1 aliphatic rings. The van der Waals surface area contributed by atoms with E-state index in [0.717, 1.165) is 22.6 Å². The first-order chi connectivity index (χ1) is 10.6. The summed E-state index contributed by atoms with van der Waals surface area (Å²) in [5.74, 6) is 1.52. The largest absolute Gasteiger partial charge is 0.493 e. The molecule has 1 amide bonds. The second kappa shape index (κ2) is 5.72. The molecule has 0 saturated heterocycles. The molecule has 114 valence electrons. The molecule has 22 heavy (non-hydrogen) atoms. The summed E-state index contributed by atoms with van der Waals surface area (Å²) in [7, 11) is 0. The van der Waals surface area contributed by atoms with Crippen molar-refractivity contribution in [2.24, 2.45) is 5.73 Å². The van der Waals surface area contributed by atoms with Gasteiger partial charge in [0.15, 0.2) is 0 Å². The Morgan fingerprint density at radius 2 is 1.95 bits per heavy atom. The molecule has 2 aromatic rings. The van der Waals surface area contributed by atoms with E-state index in [1.54, 1.807) is 0 Å². The van der Waals surface area contributed by atoms with E-state index in [9.17, 15) is 4.79 Å². The zero-order valence-corrected chi connectivity index (χ0v) is 12.8. The fourth-order valence-electron chi connectivity index (χ4n) is 2.96. The number of nitrogens with two attached hydrogens (primary N) is 1. The highest BCUT2D eigenvalue weighted by Gasteiger charge is 2.24. The normalized spacial score (nSPS) is 16.0. The van der Waals surface area contributed by atoms with E-state index in [1.807, 2.05) is 44.2 Å². The molecule has 0 saturated carbocycles. The number of aryl methyl sites for hydroxylation is 2. The van der Waals surface area contributed by atoms with Gasteiger partial charge in [-0.25, -0.2) is 0 Å². The fraction of sp³-hybridized carbons (Fsp3) is 0.278. The number of carbonyl (C=O) groups is 1. The van der Waals surface area contributed by atoms with E-state index >= 15 is 0 Å². The summed E-state index contributed by atoms with van der Waals surface area (Å²) in [5, 5.41) is 0. The number of hydrogen-bond acceptors (Lipinski definition) is 3. The summed E-state index contributed by atoms with van der Waals surface area (Å²) < 4.78 is 11.6. The lowest BCUT2D eigenvalue weighted by Gasteiger charge is -2.14. The molecule has 0 spiro atoms. The summed E-state index contributed by atoms with van der Waals surface area (Å²) in [5.41, 5.74) is 8.83. The highest BCUT2D eigenvalue weighted by Crippen LogP contribution is 2.34. The van der Waals surface area contributed by atoms with Crippen molar-refractivity contribution in [3.63, 3.8) is 0 Å². The molecule has 4 nitrogen and oxygen atoms in total. The number of benzene rings is 2. The number of primary amides is 1. The van der Waals surface area contributed by atoms with Crippen LogP contribution in [-0.2, 0) is 0 Å². The van der Waals surface area contributed by atoms with Crippen molar-refractivity contribution in [1.82, 2.24) is 0 Å². The first kappa shape index (κ1) is 14.4. The molecule has 1 atom stereocenters. The van der Waals surface area contributed by atoms with Gasteiger partial charge in [0.05, 0.1) is 19.1 Å². The van der Waals surface area contributed by atoms with Crippen LogP contribution in [-0.4, -0.2) is 19.1 Å². The van der Waals surface area contributed by atoms with Gasteiger partial charge < -0.3 is 15.2 Å². The van der Waals surface area contributed by atoms with E-state index in [0.29, 0.717) is 18.8 Å². The summed E-state index contributed by atoms with van der Waals surface area (Å²) in [6.07, 6.45) is 0. The molecule has 0 aliphatic carbocycles. The number of amides is 1. The van der Waals surface area contributed by atoms with Crippen molar-refractivity contribution in [3.8, 4) is 11.5 Å². The molecular weight excluding hydrogens is 278 g/mol. The Balaban J connectivity index is 1.74. The lowest BCUT2D eigenvalue weighted by Crippen LogP contribution is -2.15. The van der Waals surface area contributed by atoms with Crippen LogP contribution in [0.15, 0.2) is 36.4 Å². The topological polar surface area (TPSA) is 61.6 Å². The minimum atomic E-state index is -0.403. The Bertz CT molecular complexity index is 701. The smallest absolute Gasteiger partial charge is 0.249 e. The van der Waals surface area contributed by atoms with Gasteiger partial charge in [0.25, 0.3) is 0 Å². The predicted molar refractivity (Wildman–Crippen MR) is 84.6 cm³/mol. The maximum absolute atomic E-state index is 11.4. The number of carbonyl (C=O) groups excluding carboxylic acids is 1. The van der Waals surface area contributed by atoms with Crippen molar-refractivity contribution in [2.45, 2.75) is 19.8 Å². The van der Waals surface area contributed by atoms with Crippen LogP contribution in [0.1, 0.15) is 33.0 Å². The molecule has 0 fully saturated rings. The van der Waals surface area contributed by atoms with Crippen molar-refractivity contribution in [3.05, 3.63) is 58.7 Å². The molecule has 4 heteroatoms. The third kappa shape index (κ3) is 2.64. The van der Waals surface area contributed by atoms with E-state index in [-0.39, 0.29) is 5.92 Å². The number of ether oxygens (including phenoxy) is 2. The van der Waals surface area contributed by atoms with E-state index in [2.05, 4.69) is 6.07 Å². The Kier molecular flexibility index (Phi) is 3.75. The standard InChI is InChI=1S/C18H19NO3/c1-11-7-14(8-12(2)17(11)18(19)20)21-9-13-10-22-16-6-4-3-5-15(13)16/h3-8,13H,9-10H2,1-2H3,(H2,19,20)/t13-/m1/s1. The monoisotopic (exact) mass is 297 g/mol. The van der Waals surface area contributed by atoms with Gasteiger partial charge in [-0.3, -0.25) is 4.79 Å². The molecular formula is C18H19NO3. The summed E-state index contributed by atoms with van der Waals surface area (Å²) >= 11 is 0. The lowest BCUT2D eigenvalue weighted by atomic mass is 10.0. The van der Waals surface area contributed by atoms with Gasteiger partial charge in [-0.1, -0.05) is 18.2 Å². The van der Waals surface area contributed by atoms with Gasteiger partial charge in [-0.05, 0) is 43.2 Å². The average Bonchev–Trinajstić information content (AvgIpc) is 2.87. The zero-order chi connectivity index (χ0) is 15.7. The van der Waals surface area contributed by atoms with E-state index in [4.69, 9.17) is 15.2 Å². The Labute approximate surface area is 129 Å². The van der Waals surface area contributed by atoms with E-state index in [1.165, 1.54) is 5.56 Å². The summed E-state index contributed by atoms with van der Waals surface area (Å²) in [6.45, 7) is 4.92. The summed E-state index contributed by atoms with van der Waals surface area (Å²) in [6, 6.07) is 11.7. The van der Waals surface area contributed by atoms with Crippen LogP contribution in [0.3, 0.4) is 0 Å². The van der Waals surface area contributed by atoms with Gasteiger partial charge in [0.1, 0.15) is 11.5 Å². The highest BCUT2D eigenvalue weighted by atomic mass is 16.5. The van der Waals surface area contributed by atoms with Crippen molar-refractivity contribution in [2.75, 3.05) is 13.2 Å². The third-order valence-electron chi connectivity index (χ3n) is 4.00. The van der Waals surface area contributed by atoms with Crippen LogP contribution < -0.4 is 15.2 Å². The third-order valence-corrected chi connectivity index (χ3v) is 4.00. The van der Waals surface area contributed by atoms with Gasteiger partial charge >= 0.3 is 0 Å². The molecule has 0 radical (unpaired) electrons. The number of hydrogen-bond donors (Lipinski definition) is 1. The Hall–Kier alpha value is -2.49. The van der Waals surface area contributed by atoms with Gasteiger partial charge in [-0.2, -0.15) is 0 Å². The molecule has 3 rings (SSSR count). The van der Waals surface area contributed by atoms with Crippen LogP contribution in [0.2, 0.25) is 0 Å². The van der Waals surface area contributed by atoms with Crippen LogP contribution >= 0.6 is 0 Å². The predicted octanol–water partition coefficient (Wildman–Crippen LogP) is 2.96. The van der Waals surface area contributed by atoms with Gasteiger partial charge in [0.2, 0.25) is 5.91 Å². The van der Waals surface area contributed by atoms with Crippen molar-refractivity contribution in [1.29, 1.82) is 0 Å². The van der Waals surface area contributed by atoms with Gasteiger partial charge in [-0.15, -0.1) is 0 Å². The van der Waals surface area contributed by atoms with Crippen LogP contribution in [0.5, 0.6) is 11.5 Å². The average molecular weight is 297 g/mol. The molecule has 2 N–H and O–H groups in total. The quantitative estimate of drug-likeness (QED) is 0.943. The fourth-order valence-corrected chi connectivity index (χ4v) is 2.96. The van der Waals surface area contributed by atoms with Crippen molar-refractivity contribution < 1.29 is 14.3 Å².